The molecule has 6 nitrogen and oxygen atoms in total. The van der Waals surface area contributed by atoms with Gasteiger partial charge in [-0.25, -0.2) is 4.79 Å². The highest BCUT2D eigenvalue weighted by atomic mass is 16.5. The number of H-pyrrole nitrogens is 1. The van der Waals surface area contributed by atoms with E-state index >= 15 is 0 Å². The molecule has 1 aromatic heterocycles. The quantitative estimate of drug-likeness (QED) is 0.461. The molecule has 2 aromatic carbocycles. The molecule has 0 radical (unpaired) electrons. The lowest BCUT2D eigenvalue weighted by atomic mass is 9.85. The Morgan fingerprint density at radius 2 is 2.00 bits per heavy atom. The number of nitrogens with one attached hydrogen (secondary N) is 1. The van der Waals surface area contributed by atoms with Crippen molar-refractivity contribution < 1.29 is 19.1 Å². The van der Waals surface area contributed by atoms with E-state index in [1.165, 1.54) is 23.6 Å². The molecule has 3 aromatic rings. The van der Waals surface area contributed by atoms with Crippen LogP contribution in [0.2, 0.25) is 0 Å². The van der Waals surface area contributed by atoms with Crippen molar-refractivity contribution in [1.82, 2.24) is 9.88 Å². The first kappa shape index (κ1) is 23.9. The minimum atomic E-state index is -0.378. The summed E-state index contributed by atoms with van der Waals surface area (Å²) in [5, 5.41) is 1.17. The van der Waals surface area contributed by atoms with Crippen LogP contribution >= 0.6 is 0 Å². The molecule has 0 saturated carbocycles. The number of carbonyl (C=O) groups excluding carboxylic acids is 2. The van der Waals surface area contributed by atoms with E-state index in [1.807, 2.05) is 18.0 Å². The number of esters is 1. The van der Waals surface area contributed by atoms with Crippen molar-refractivity contribution in [1.29, 1.82) is 0 Å². The highest BCUT2D eigenvalue weighted by Crippen LogP contribution is 2.39. The first-order chi connectivity index (χ1) is 16.5. The number of fused-ring (bicyclic) bond motifs is 1. The lowest BCUT2D eigenvalue weighted by molar-refractivity contribution is -0.136. The number of methoxy groups -OCH3 is 2. The number of piperidine rings is 1. The summed E-state index contributed by atoms with van der Waals surface area (Å²) in [4.78, 5) is 29.9. The SMILES string of the molecule is CCCC(c1ccc(C(=O)OC)cc1OC)c1c[nH]c2ccc(CC3CCCN(C)C3=O)cc12. The lowest BCUT2D eigenvalue weighted by Crippen LogP contribution is -2.39. The normalized spacial score (nSPS) is 17.1. The van der Waals surface area contributed by atoms with Crippen molar-refractivity contribution in [3.8, 4) is 5.75 Å². The summed E-state index contributed by atoms with van der Waals surface area (Å²) in [5.74, 6) is 0.716. The minimum absolute atomic E-state index is 0.0518. The molecule has 1 saturated heterocycles. The second kappa shape index (κ2) is 10.3. The second-order valence-electron chi connectivity index (χ2n) is 9.22. The van der Waals surface area contributed by atoms with E-state index in [0.29, 0.717) is 11.3 Å². The van der Waals surface area contributed by atoms with E-state index in [1.54, 1.807) is 19.2 Å². The maximum Gasteiger partial charge on any atom is 0.337 e. The van der Waals surface area contributed by atoms with Crippen LogP contribution in [0.25, 0.3) is 10.9 Å². The largest absolute Gasteiger partial charge is 0.496 e. The van der Waals surface area contributed by atoms with Crippen molar-refractivity contribution in [3.63, 3.8) is 0 Å². The first-order valence-electron chi connectivity index (χ1n) is 12.1. The molecular formula is C28H34N2O4. The Labute approximate surface area is 201 Å². The van der Waals surface area contributed by atoms with Gasteiger partial charge in [0.25, 0.3) is 0 Å². The molecule has 2 heterocycles. The maximum absolute atomic E-state index is 12.6. The number of carbonyl (C=O) groups is 2. The summed E-state index contributed by atoms with van der Waals surface area (Å²) in [6, 6.07) is 12.0. The standard InChI is InChI=1S/C28H34N2O4/c1-5-7-21(22-11-10-20(28(32)34-4)16-26(22)33-3)24-17-29-25-12-9-18(15-23(24)25)14-19-8-6-13-30(2)27(19)31/h9-12,15-17,19,21,29H,5-8,13-14H2,1-4H3. The van der Waals surface area contributed by atoms with E-state index in [2.05, 4.69) is 36.3 Å². The van der Waals surface area contributed by atoms with Gasteiger partial charge in [0.2, 0.25) is 5.91 Å². The molecule has 1 fully saturated rings. The number of aromatic amines is 1. The molecule has 4 rings (SSSR count). The summed E-state index contributed by atoms with van der Waals surface area (Å²) in [7, 11) is 4.91. The fourth-order valence-electron chi connectivity index (χ4n) is 5.21. The highest BCUT2D eigenvalue weighted by molar-refractivity contribution is 5.90. The Bertz CT molecular complexity index is 1180. The predicted molar refractivity (Wildman–Crippen MR) is 133 cm³/mol. The van der Waals surface area contributed by atoms with E-state index in [-0.39, 0.29) is 23.7 Å². The number of hydrogen-bond donors (Lipinski definition) is 1. The Balaban J connectivity index is 1.71. The highest BCUT2D eigenvalue weighted by Gasteiger charge is 2.27. The summed E-state index contributed by atoms with van der Waals surface area (Å²) in [5.41, 5.74) is 4.99. The van der Waals surface area contributed by atoms with E-state index in [4.69, 9.17) is 9.47 Å². The van der Waals surface area contributed by atoms with Crippen LogP contribution in [0.15, 0.2) is 42.6 Å². The molecule has 1 aliphatic heterocycles. The third-order valence-electron chi connectivity index (χ3n) is 7.01. The second-order valence-corrected chi connectivity index (χ2v) is 9.22. The van der Waals surface area contributed by atoms with Gasteiger partial charge in [0.15, 0.2) is 0 Å². The summed E-state index contributed by atoms with van der Waals surface area (Å²) >= 11 is 0. The zero-order chi connectivity index (χ0) is 24.2. The molecule has 2 atom stereocenters. The minimum Gasteiger partial charge on any atom is -0.496 e. The third-order valence-corrected chi connectivity index (χ3v) is 7.01. The molecule has 0 spiro atoms. The summed E-state index contributed by atoms with van der Waals surface area (Å²) in [6.45, 7) is 3.03. The fourth-order valence-corrected chi connectivity index (χ4v) is 5.21. The van der Waals surface area contributed by atoms with Gasteiger partial charge < -0.3 is 19.4 Å². The predicted octanol–water partition coefficient (Wildman–Crippen LogP) is 5.31. The Hall–Kier alpha value is -3.28. The molecule has 6 heteroatoms. The average Bonchev–Trinajstić information content (AvgIpc) is 3.27. The van der Waals surface area contributed by atoms with Crippen LogP contribution in [0.5, 0.6) is 5.75 Å². The number of rotatable bonds is 8. The monoisotopic (exact) mass is 462 g/mol. The maximum atomic E-state index is 12.6. The number of likely N-dealkylation sites (tertiary alicyclic amines) is 1. The van der Waals surface area contributed by atoms with Crippen molar-refractivity contribution >= 4 is 22.8 Å². The van der Waals surface area contributed by atoms with Gasteiger partial charge >= 0.3 is 5.97 Å². The molecular weight excluding hydrogens is 428 g/mol. The van der Waals surface area contributed by atoms with Crippen LogP contribution in [0.1, 0.15) is 65.6 Å². The molecule has 34 heavy (non-hydrogen) atoms. The van der Waals surface area contributed by atoms with Crippen LogP contribution in [0, 0.1) is 5.92 Å². The zero-order valence-electron chi connectivity index (χ0n) is 20.5. The van der Waals surface area contributed by atoms with Gasteiger partial charge in [-0.2, -0.15) is 0 Å². The van der Waals surface area contributed by atoms with Crippen LogP contribution in [-0.2, 0) is 16.0 Å². The molecule has 1 amide bonds. The first-order valence-corrected chi connectivity index (χ1v) is 12.1. The van der Waals surface area contributed by atoms with E-state index in [9.17, 15) is 9.59 Å². The smallest absolute Gasteiger partial charge is 0.337 e. The average molecular weight is 463 g/mol. The van der Waals surface area contributed by atoms with Gasteiger partial charge in [-0.15, -0.1) is 0 Å². The van der Waals surface area contributed by atoms with Crippen LogP contribution in [-0.4, -0.2) is 49.6 Å². The number of nitrogens with zero attached hydrogens (tertiary/aromatic N) is 1. The van der Waals surface area contributed by atoms with Gasteiger partial charge in [0.05, 0.1) is 19.8 Å². The Morgan fingerprint density at radius 3 is 2.74 bits per heavy atom. The van der Waals surface area contributed by atoms with Gasteiger partial charge in [-0.3, -0.25) is 4.79 Å². The van der Waals surface area contributed by atoms with E-state index in [0.717, 1.165) is 49.7 Å². The van der Waals surface area contributed by atoms with Crippen LogP contribution < -0.4 is 4.74 Å². The van der Waals surface area contributed by atoms with Crippen molar-refractivity contribution in [2.24, 2.45) is 5.92 Å². The molecule has 0 bridgehead atoms. The van der Waals surface area contributed by atoms with Crippen molar-refractivity contribution in [2.45, 2.75) is 44.9 Å². The number of ether oxygens (including phenoxy) is 2. The topological polar surface area (TPSA) is 71.6 Å². The number of amides is 1. The third kappa shape index (κ3) is 4.67. The Kier molecular flexibility index (Phi) is 7.25. The molecule has 180 valence electrons. The number of hydrogen-bond acceptors (Lipinski definition) is 4. The molecule has 2 unspecified atom stereocenters. The van der Waals surface area contributed by atoms with Gasteiger partial charge in [-0.1, -0.05) is 25.5 Å². The molecule has 0 aliphatic carbocycles. The van der Waals surface area contributed by atoms with Gasteiger partial charge in [0, 0.05) is 48.1 Å². The van der Waals surface area contributed by atoms with Crippen LogP contribution in [0.4, 0.5) is 0 Å². The molecule has 1 N–H and O–H groups in total. The van der Waals surface area contributed by atoms with Crippen LogP contribution in [0.3, 0.4) is 0 Å². The van der Waals surface area contributed by atoms with Gasteiger partial charge in [0.1, 0.15) is 5.75 Å². The van der Waals surface area contributed by atoms with Crippen molar-refractivity contribution in [3.05, 3.63) is 64.8 Å². The number of aromatic nitrogens is 1. The summed E-state index contributed by atoms with van der Waals surface area (Å²) < 4.78 is 10.6. The molecule has 1 aliphatic rings. The number of benzene rings is 2. The summed E-state index contributed by atoms with van der Waals surface area (Å²) in [6.07, 6.45) is 6.80. The van der Waals surface area contributed by atoms with Crippen molar-refractivity contribution in [2.75, 3.05) is 27.8 Å². The lowest BCUT2D eigenvalue weighted by Gasteiger charge is -2.29. The van der Waals surface area contributed by atoms with E-state index < -0.39 is 0 Å². The zero-order valence-corrected chi connectivity index (χ0v) is 20.5. The fraction of sp³-hybridized carbons (Fsp3) is 0.429. The Morgan fingerprint density at radius 1 is 1.18 bits per heavy atom. The van der Waals surface area contributed by atoms with Gasteiger partial charge in [-0.05, 0) is 61.1 Å².